The Labute approximate surface area is 439 Å². The second-order valence-corrected chi connectivity index (χ2v) is 22.4. The molecule has 0 spiro atoms. The smallest absolute Gasteiger partial charge is 0.387 e. The summed E-state index contributed by atoms with van der Waals surface area (Å²) < 4.78 is 23.6. The fourth-order valence-electron chi connectivity index (χ4n) is 8.24. The third-order valence-electron chi connectivity index (χ3n) is 12.8. The Morgan fingerprint density at radius 1 is 0.493 bits per heavy atom. The Kier molecular flexibility index (Phi) is 50.8. The molecule has 0 aromatic heterocycles. The first-order chi connectivity index (χ1) is 34.5. The third kappa shape index (κ3) is 55.3. The number of aliphatic hydroxyl groups excluding tert-OH is 1. The van der Waals surface area contributed by atoms with Gasteiger partial charge >= 0.3 is 7.82 Å². The lowest BCUT2D eigenvalue weighted by atomic mass is 10.0. The zero-order valence-corrected chi connectivity index (χ0v) is 47.8. The number of phosphoric acid groups is 1. The minimum Gasteiger partial charge on any atom is -0.387 e. The minimum absolute atomic E-state index is 0.0521. The van der Waals surface area contributed by atoms with E-state index in [-0.39, 0.29) is 19.1 Å². The molecule has 0 rings (SSSR count). The lowest BCUT2D eigenvalue weighted by molar-refractivity contribution is -0.870. The van der Waals surface area contributed by atoms with E-state index < -0.39 is 20.0 Å². The molecule has 0 aliphatic heterocycles. The standard InChI is InChI=1S/C62H113N2O6P/c1-6-8-10-12-14-16-18-20-22-23-24-25-26-27-28-29-30-31-32-33-34-35-36-37-38-39-40-41-42-44-46-48-50-52-54-56-62(66)63-60(59-70-71(67,68)69-58-57-64(3,4)5)61(65)55-53-51-49-47-45-43-21-19-17-15-13-11-9-7-2/h8,10,14,16-17,19-20,22,24-25,45,47,53,55,60-61,65H,6-7,9,11-13,15,18,21,23,26-44,46,48-52,54,56-59H2,1-5H3,(H-,63,66,67,68)/p+1/b10-8-,16-14-,19-17+,22-20-,25-24-,47-45+,55-53+. The second kappa shape index (κ2) is 52.5. The monoisotopic (exact) mass is 1010 g/mol. The first-order valence-corrected chi connectivity index (χ1v) is 31.0. The molecule has 0 saturated heterocycles. The summed E-state index contributed by atoms with van der Waals surface area (Å²) in [6.07, 6.45) is 74.2. The van der Waals surface area contributed by atoms with E-state index in [1.54, 1.807) is 6.08 Å². The summed E-state index contributed by atoms with van der Waals surface area (Å²) >= 11 is 0. The fraction of sp³-hybridized carbons (Fsp3) is 0.758. The quantitative estimate of drug-likeness (QED) is 0.0243. The van der Waals surface area contributed by atoms with Crippen molar-refractivity contribution in [1.29, 1.82) is 0 Å². The lowest BCUT2D eigenvalue weighted by Gasteiger charge is -2.25. The summed E-state index contributed by atoms with van der Waals surface area (Å²) in [4.78, 5) is 23.3. The van der Waals surface area contributed by atoms with Crippen molar-refractivity contribution >= 4 is 13.7 Å². The van der Waals surface area contributed by atoms with Gasteiger partial charge in [-0.05, 0) is 83.5 Å². The van der Waals surface area contributed by atoms with E-state index in [0.717, 1.165) is 70.6 Å². The van der Waals surface area contributed by atoms with E-state index in [4.69, 9.17) is 9.05 Å². The molecule has 3 N–H and O–H groups in total. The van der Waals surface area contributed by atoms with E-state index in [0.29, 0.717) is 17.4 Å². The number of aliphatic hydroxyl groups is 1. The normalized spacial score (nSPS) is 14.5. The molecule has 0 radical (unpaired) electrons. The van der Waals surface area contributed by atoms with Gasteiger partial charge in [-0.15, -0.1) is 0 Å². The van der Waals surface area contributed by atoms with Gasteiger partial charge < -0.3 is 19.8 Å². The number of nitrogens with zero attached hydrogens (tertiary/aromatic N) is 1. The number of rotatable bonds is 53. The highest BCUT2D eigenvalue weighted by atomic mass is 31.2. The Hall–Kier alpha value is -2.32. The van der Waals surface area contributed by atoms with Crippen molar-refractivity contribution in [2.75, 3.05) is 40.9 Å². The summed E-state index contributed by atoms with van der Waals surface area (Å²) in [6, 6.07) is -0.871. The van der Waals surface area contributed by atoms with Crippen LogP contribution < -0.4 is 5.32 Å². The molecule has 9 heteroatoms. The highest BCUT2D eigenvalue weighted by molar-refractivity contribution is 7.47. The van der Waals surface area contributed by atoms with Gasteiger partial charge in [0.25, 0.3) is 0 Å². The Morgan fingerprint density at radius 2 is 0.859 bits per heavy atom. The van der Waals surface area contributed by atoms with Crippen molar-refractivity contribution in [3.8, 4) is 0 Å². The minimum atomic E-state index is -4.36. The van der Waals surface area contributed by atoms with Crippen LogP contribution in [-0.4, -0.2) is 73.4 Å². The molecular formula is C62H114N2O6P+. The Bertz CT molecular complexity index is 1430. The van der Waals surface area contributed by atoms with E-state index in [2.05, 4.69) is 92.1 Å². The molecule has 0 saturated carbocycles. The van der Waals surface area contributed by atoms with Crippen LogP contribution in [-0.2, 0) is 18.4 Å². The number of likely N-dealkylation sites (N-methyl/N-ethyl adjacent to an activating group) is 1. The average molecular weight is 1010 g/mol. The third-order valence-corrected chi connectivity index (χ3v) is 13.8. The molecule has 71 heavy (non-hydrogen) atoms. The molecule has 0 aliphatic carbocycles. The first kappa shape index (κ1) is 68.7. The number of unbranched alkanes of at least 4 members (excludes halogenated alkanes) is 28. The van der Waals surface area contributed by atoms with Crippen molar-refractivity contribution in [2.24, 2.45) is 0 Å². The van der Waals surface area contributed by atoms with Crippen LogP contribution >= 0.6 is 7.82 Å². The van der Waals surface area contributed by atoms with Crippen LogP contribution in [0.1, 0.15) is 251 Å². The van der Waals surface area contributed by atoms with Gasteiger partial charge in [0.2, 0.25) is 5.91 Å². The van der Waals surface area contributed by atoms with Gasteiger partial charge in [-0.2, -0.15) is 0 Å². The number of hydrogen-bond donors (Lipinski definition) is 3. The molecule has 412 valence electrons. The van der Waals surface area contributed by atoms with Crippen LogP contribution in [0.25, 0.3) is 0 Å². The van der Waals surface area contributed by atoms with E-state index in [1.165, 1.54) is 161 Å². The number of amides is 1. The number of nitrogens with one attached hydrogen (secondary N) is 1. The number of hydrogen-bond acceptors (Lipinski definition) is 5. The number of carbonyl (C=O) groups is 1. The topological polar surface area (TPSA) is 105 Å². The molecular weight excluding hydrogens is 900 g/mol. The molecule has 0 bridgehead atoms. The summed E-state index contributed by atoms with van der Waals surface area (Å²) in [5, 5.41) is 13.9. The Balaban J connectivity index is 4.02. The highest BCUT2D eigenvalue weighted by Crippen LogP contribution is 2.43. The zero-order valence-electron chi connectivity index (χ0n) is 46.9. The van der Waals surface area contributed by atoms with Gasteiger partial charge in [0.15, 0.2) is 0 Å². The van der Waals surface area contributed by atoms with Crippen molar-refractivity contribution < 1.29 is 32.9 Å². The van der Waals surface area contributed by atoms with Crippen molar-refractivity contribution in [1.82, 2.24) is 5.32 Å². The maximum absolute atomic E-state index is 13.0. The molecule has 1 amide bonds. The zero-order chi connectivity index (χ0) is 52.0. The second-order valence-electron chi connectivity index (χ2n) is 21.0. The van der Waals surface area contributed by atoms with Gasteiger partial charge in [-0.1, -0.05) is 247 Å². The van der Waals surface area contributed by atoms with Crippen molar-refractivity contribution in [2.45, 2.75) is 264 Å². The molecule has 3 atom stereocenters. The fourth-order valence-corrected chi connectivity index (χ4v) is 8.98. The highest BCUT2D eigenvalue weighted by Gasteiger charge is 2.27. The molecule has 0 aromatic carbocycles. The molecule has 0 heterocycles. The van der Waals surface area contributed by atoms with Crippen LogP contribution in [0, 0.1) is 0 Å². The summed E-state index contributed by atoms with van der Waals surface area (Å²) in [5.41, 5.74) is 0. The van der Waals surface area contributed by atoms with E-state index in [1.807, 2.05) is 27.2 Å². The van der Waals surface area contributed by atoms with Crippen LogP contribution in [0.4, 0.5) is 0 Å². The van der Waals surface area contributed by atoms with E-state index in [9.17, 15) is 19.4 Å². The SMILES string of the molecule is CC/C=C\C/C=C\C/C=C\C/C=C\CCCCCCCCCCCCCCCCCCCCCCCCC(=O)NC(COP(=O)(O)OCC[N+](C)(C)C)C(O)/C=C/CC/C=C/CC/C=C/CCCCCC. The maximum Gasteiger partial charge on any atom is 0.472 e. The van der Waals surface area contributed by atoms with E-state index >= 15 is 0 Å². The van der Waals surface area contributed by atoms with Crippen LogP contribution in [0.2, 0.25) is 0 Å². The van der Waals surface area contributed by atoms with Crippen LogP contribution in [0.5, 0.6) is 0 Å². The predicted octanol–water partition coefficient (Wildman–Crippen LogP) is 18.0. The van der Waals surface area contributed by atoms with Crippen LogP contribution in [0.15, 0.2) is 85.1 Å². The summed E-state index contributed by atoms with van der Waals surface area (Å²) in [5.74, 6) is -0.191. The molecule has 0 aliphatic rings. The van der Waals surface area contributed by atoms with Gasteiger partial charge in [0.05, 0.1) is 39.9 Å². The summed E-state index contributed by atoms with van der Waals surface area (Å²) in [6.45, 7) is 4.66. The first-order valence-electron chi connectivity index (χ1n) is 29.5. The number of quaternary nitrogens is 1. The van der Waals surface area contributed by atoms with Gasteiger partial charge in [-0.3, -0.25) is 13.8 Å². The molecule has 0 fully saturated rings. The number of carbonyl (C=O) groups excluding carboxylic acids is 1. The average Bonchev–Trinajstić information content (AvgIpc) is 3.33. The molecule has 0 aromatic rings. The number of phosphoric ester groups is 1. The maximum atomic E-state index is 13.0. The van der Waals surface area contributed by atoms with Gasteiger partial charge in [0.1, 0.15) is 13.2 Å². The summed E-state index contributed by atoms with van der Waals surface area (Å²) in [7, 11) is 1.55. The van der Waals surface area contributed by atoms with Crippen molar-refractivity contribution in [3.05, 3.63) is 85.1 Å². The molecule has 3 unspecified atom stereocenters. The number of allylic oxidation sites excluding steroid dienone is 13. The predicted molar refractivity (Wildman–Crippen MR) is 309 cm³/mol. The van der Waals surface area contributed by atoms with Gasteiger partial charge in [0, 0.05) is 6.42 Å². The van der Waals surface area contributed by atoms with Gasteiger partial charge in [-0.25, -0.2) is 4.57 Å². The Morgan fingerprint density at radius 3 is 1.30 bits per heavy atom. The molecule has 8 nitrogen and oxygen atoms in total. The lowest BCUT2D eigenvalue weighted by Crippen LogP contribution is -2.45. The van der Waals surface area contributed by atoms with Crippen LogP contribution in [0.3, 0.4) is 0 Å². The van der Waals surface area contributed by atoms with Crippen molar-refractivity contribution in [3.63, 3.8) is 0 Å². The largest absolute Gasteiger partial charge is 0.472 e.